The average Bonchev–Trinajstić information content (AvgIpc) is 2.47. The molecular formula is C16H24N2O3S. The second kappa shape index (κ2) is 7.56. The smallest absolute Gasteiger partial charge is 0.247 e. The Kier molecular flexibility index (Phi) is 6.32. The van der Waals surface area contributed by atoms with Gasteiger partial charge in [-0.2, -0.15) is 0 Å². The Hall–Kier alpha value is -1.66. The first-order valence-corrected chi connectivity index (χ1v) is 8.64. The zero-order chi connectivity index (χ0) is 16.9. The molecule has 1 aromatic carbocycles. The van der Waals surface area contributed by atoms with E-state index < -0.39 is 10.0 Å². The van der Waals surface area contributed by atoms with Crippen molar-refractivity contribution in [1.29, 1.82) is 0 Å². The number of nitrogens with zero attached hydrogens (tertiary/aromatic N) is 1. The van der Waals surface area contributed by atoms with Crippen molar-refractivity contribution in [1.82, 2.24) is 9.62 Å². The van der Waals surface area contributed by atoms with Crippen molar-refractivity contribution in [3.05, 3.63) is 41.5 Å². The highest BCUT2D eigenvalue weighted by atomic mass is 32.2. The first kappa shape index (κ1) is 18.4. The Morgan fingerprint density at radius 3 is 2.27 bits per heavy atom. The van der Waals surface area contributed by atoms with Crippen LogP contribution in [0, 0.1) is 0 Å². The van der Waals surface area contributed by atoms with Gasteiger partial charge in [-0.05, 0) is 38.0 Å². The van der Waals surface area contributed by atoms with Crippen molar-refractivity contribution in [3.63, 3.8) is 0 Å². The van der Waals surface area contributed by atoms with E-state index in [9.17, 15) is 13.2 Å². The van der Waals surface area contributed by atoms with E-state index in [0.29, 0.717) is 5.57 Å². The molecule has 0 aliphatic rings. The lowest BCUT2D eigenvalue weighted by Crippen LogP contribution is -2.27. The Balaban J connectivity index is 2.87. The SMILES string of the molecule is CC/C=C(\C)C(=O)N[C@H](C)c1ccc(S(=O)(=O)N(C)C)cc1. The van der Waals surface area contributed by atoms with Gasteiger partial charge in [-0.3, -0.25) is 4.79 Å². The van der Waals surface area contributed by atoms with E-state index in [1.807, 2.05) is 19.9 Å². The van der Waals surface area contributed by atoms with Crippen LogP contribution < -0.4 is 5.32 Å². The molecule has 1 N–H and O–H groups in total. The molecule has 0 spiro atoms. The van der Waals surface area contributed by atoms with Crippen LogP contribution in [-0.2, 0) is 14.8 Å². The maximum Gasteiger partial charge on any atom is 0.247 e. The van der Waals surface area contributed by atoms with Crippen LogP contribution in [0.4, 0.5) is 0 Å². The third-order valence-corrected chi connectivity index (χ3v) is 5.20. The molecule has 1 amide bonds. The number of hydrogen-bond donors (Lipinski definition) is 1. The Labute approximate surface area is 133 Å². The van der Waals surface area contributed by atoms with Crippen LogP contribution in [0.15, 0.2) is 40.8 Å². The predicted molar refractivity (Wildman–Crippen MR) is 87.9 cm³/mol. The fourth-order valence-electron chi connectivity index (χ4n) is 1.93. The van der Waals surface area contributed by atoms with Crippen LogP contribution in [0.25, 0.3) is 0 Å². The lowest BCUT2D eigenvalue weighted by molar-refractivity contribution is -0.118. The molecule has 0 heterocycles. The summed E-state index contributed by atoms with van der Waals surface area (Å²) >= 11 is 0. The molecule has 1 rings (SSSR count). The lowest BCUT2D eigenvalue weighted by atomic mass is 10.1. The number of sulfonamides is 1. The van der Waals surface area contributed by atoms with Crippen molar-refractivity contribution < 1.29 is 13.2 Å². The second-order valence-electron chi connectivity index (χ2n) is 5.35. The molecule has 0 radical (unpaired) electrons. The zero-order valence-corrected chi connectivity index (χ0v) is 14.6. The van der Waals surface area contributed by atoms with E-state index in [1.165, 1.54) is 18.4 Å². The largest absolute Gasteiger partial charge is 0.346 e. The first-order chi connectivity index (χ1) is 10.2. The van der Waals surface area contributed by atoms with E-state index in [2.05, 4.69) is 5.32 Å². The van der Waals surface area contributed by atoms with Gasteiger partial charge in [-0.25, -0.2) is 12.7 Å². The van der Waals surface area contributed by atoms with Gasteiger partial charge in [0.1, 0.15) is 0 Å². The number of benzene rings is 1. The second-order valence-corrected chi connectivity index (χ2v) is 7.50. The van der Waals surface area contributed by atoms with E-state index in [4.69, 9.17) is 0 Å². The van der Waals surface area contributed by atoms with Crippen molar-refractivity contribution in [2.45, 2.75) is 38.1 Å². The first-order valence-electron chi connectivity index (χ1n) is 7.20. The molecule has 0 aliphatic heterocycles. The molecule has 1 aromatic rings. The van der Waals surface area contributed by atoms with Crippen molar-refractivity contribution in [3.8, 4) is 0 Å². The highest BCUT2D eigenvalue weighted by molar-refractivity contribution is 7.89. The summed E-state index contributed by atoms with van der Waals surface area (Å²) in [6.45, 7) is 5.62. The summed E-state index contributed by atoms with van der Waals surface area (Å²) in [5, 5.41) is 2.89. The number of hydrogen-bond acceptors (Lipinski definition) is 3. The van der Waals surface area contributed by atoms with Crippen molar-refractivity contribution in [2.75, 3.05) is 14.1 Å². The quantitative estimate of drug-likeness (QED) is 0.818. The maximum atomic E-state index is 12.0. The molecule has 0 aliphatic carbocycles. The van der Waals surface area contributed by atoms with Gasteiger partial charge in [0.2, 0.25) is 15.9 Å². The van der Waals surface area contributed by atoms with Gasteiger partial charge in [0, 0.05) is 19.7 Å². The number of nitrogens with one attached hydrogen (secondary N) is 1. The number of carbonyl (C=O) groups is 1. The normalized spacial score (nSPS) is 14.0. The van der Waals surface area contributed by atoms with Gasteiger partial charge in [-0.15, -0.1) is 0 Å². The molecule has 0 aromatic heterocycles. The van der Waals surface area contributed by atoms with E-state index in [1.54, 1.807) is 31.2 Å². The standard InChI is InChI=1S/C16H24N2O3S/c1-6-7-12(2)16(19)17-13(3)14-8-10-15(11-9-14)22(20,21)18(4)5/h7-11,13H,6H2,1-5H3,(H,17,19)/b12-7+/t13-/m1/s1. The summed E-state index contributed by atoms with van der Waals surface area (Å²) in [5.74, 6) is -0.112. The third-order valence-electron chi connectivity index (χ3n) is 3.37. The summed E-state index contributed by atoms with van der Waals surface area (Å²) in [6.07, 6.45) is 2.68. The molecule has 0 fully saturated rings. The van der Waals surface area contributed by atoms with Gasteiger partial charge in [0.25, 0.3) is 0 Å². The Morgan fingerprint density at radius 1 is 1.27 bits per heavy atom. The van der Waals surface area contributed by atoms with Crippen LogP contribution in [0.1, 0.15) is 38.8 Å². The summed E-state index contributed by atoms with van der Waals surface area (Å²) < 4.78 is 25.2. The molecule has 1 atom stereocenters. The minimum Gasteiger partial charge on any atom is -0.346 e. The molecule has 122 valence electrons. The zero-order valence-electron chi connectivity index (χ0n) is 13.8. The fraction of sp³-hybridized carbons (Fsp3) is 0.438. The van der Waals surface area contributed by atoms with E-state index in [-0.39, 0.29) is 16.8 Å². The predicted octanol–water partition coefficient (Wildman–Crippen LogP) is 2.47. The molecular weight excluding hydrogens is 300 g/mol. The van der Waals surface area contributed by atoms with Crippen LogP contribution in [0.5, 0.6) is 0 Å². The molecule has 0 unspecified atom stereocenters. The van der Waals surface area contributed by atoms with Crippen LogP contribution in [0.2, 0.25) is 0 Å². The Morgan fingerprint density at radius 2 is 1.82 bits per heavy atom. The minimum absolute atomic E-state index is 0.112. The van der Waals surface area contributed by atoms with E-state index >= 15 is 0 Å². The van der Waals surface area contributed by atoms with Crippen LogP contribution >= 0.6 is 0 Å². The highest BCUT2D eigenvalue weighted by Gasteiger charge is 2.17. The monoisotopic (exact) mass is 324 g/mol. The number of carbonyl (C=O) groups excluding carboxylic acids is 1. The average molecular weight is 324 g/mol. The van der Waals surface area contributed by atoms with Crippen LogP contribution in [-0.4, -0.2) is 32.7 Å². The Bertz CT molecular complexity index is 646. The molecule has 0 saturated heterocycles. The molecule has 22 heavy (non-hydrogen) atoms. The maximum absolute atomic E-state index is 12.0. The summed E-state index contributed by atoms with van der Waals surface area (Å²) in [7, 11) is -0.436. The molecule has 6 heteroatoms. The van der Waals surface area contributed by atoms with Crippen LogP contribution in [0.3, 0.4) is 0 Å². The van der Waals surface area contributed by atoms with Gasteiger partial charge in [0.05, 0.1) is 10.9 Å². The number of rotatable bonds is 6. The third kappa shape index (κ3) is 4.42. The van der Waals surface area contributed by atoms with Crippen molar-refractivity contribution >= 4 is 15.9 Å². The molecule has 5 nitrogen and oxygen atoms in total. The summed E-state index contributed by atoms with van der Waals surface area (Å²) in [4.78, 5) is 12.2. The molecule has 0 saturated carbocycles. The number of amides is 1. The van der Waals surface area contributed by atoms with Gasteiger partial charge in [0.15, 0.2) is 0 Å². The van der Waals surface area contributed by atoms with Crippen molar-refractivity contribution in [2.24, 2.45) is 0 Å². The van der Waals surface area contributed by atoms with E-state index in [0.717, 1.165) is 12.0 Å². The van der Waals surface area contributed by atoms with Gasteiger partial charge in [-0.1, -0.05) is 25.1 Å². The highest BCUT2D eigenvalue weighted by Crippen LogP contribution is 2.18. The lowest BCUT2D eigenvalue weighted by Gasteiger charge is -2.16. The molecule has 0 bridgehead atoms. The summed E-state index contributed by atoms with van der Waals surface area (Å²) in [5.41, 5.74) is 1.54. The topological polar surface area (TPSA) is 66.5 Å². The summed E-state index contributed by atoms with van der Waals surface area (Å²) in [6, 6.07) is 6.37. The fourth-order valence-corrected chi connectivity index (χ4v) is 2.83. The minimum atomic E-state index is -3.43. The van der Waals surface area contributed by atoms with Gasteiger partial charge < -0.3 is 5.32 Å². The number of allylic oxidation sites excluding steroid dienone is 1. The van der Waals surface area contributed by atoms with Gasteiger partial charge >= 0.3 is 0 Å².